The van der Waals surface area contributed by atoms with Gasteiger partial charge in [-0.3, -0.25) is 0 Å². The summed E-state index contributed by atoms with van der Waals surface area (Å²) in [4.78, 5) is 0. The molecule has 0 aromatic heterocycles. The Bertz CT molecular complexity index is 76.8. The van der Waals surface area contributed by atoms with E-state index >= 15 is 0 Å². The van der Waals surface area contributed by atoms with Crippen molar-refractivity contribution in [2.24, 2.45) is 0 Å². The summed E-state index contributed by atoms with van der Waals surface area (Å²) in [7, 11) is 0. The first kappa shape index (κ1) is 13.0. The Morgan fingerprint density at radius 1 is 1.27 bits per heavy atom. The maximum Gasteiger partial charge on any atom is 0.0649 e. The highest BCUT2D eigenvalue weighted by molar-refractivity contribution is 4.68. The van der Waals surface area contributed by atoms with Gasteiger partial charge in [-0.25, -0.2) is 0 Å². The summed E-state index contributed by atoms with van der Waals surface area (Å²) in [6, 6.07) is 0. The van der Waals surface area contributed by atoms with Crippen molar-refractivity contribution >= 4 is 0 Å². The molecule has 0 heterocycles. The first-order valence-corrected chi connectivity index (χ1v) is 3.62. The fourth-order valence-corrected chi connectivity index (χ4v) is 0.235. The molecule has 0 radical (unpaired) electrons. The van der Waals surface area contributed by atoms with Crippen LogP contribution in [-0.4, -0.2) is 24.4 Å². The average Bonchev–Trinajstić information content (AvgIpc) is 1.88. The maximum absolute atomic E-state index is 8.06. The highest BCUT2D eigenvalue weighted by Gasteiger charge is 1.70. The monoisotopic (exact) mass is 158 g/mol. The Morgan fingerprint density at radius 3 is 1.73 bits per heavy atom. The van der Waals surface area contributed by atoms with Gasteiger partial charge < -0.3 is 9.84 Å². The molecule has 0 amide bonds. The van der Waals surface area contributed by atoms with E-state index in [9.17, 15) is 0 Å². The van der Waals surface area contributed by atoms with Crippen molar-refractivity contribution in [3.63, 3.8) is 0 Å². The third kappa shape index (κ3) is 44.5. The number of rotatable bonds is 4. The Kier molecular flexibility index (Phi) is 14.3. The van der Waals surface area contributed by atoms with Gasteiger partial charge in [-0.15, -0.1) is 13.2 Å². The smallest absolute Gasteiger partial charge is 0.0649 e. The summed E-state index contributed by atoms with van der Waals surface area (Å²) in [5.41, 5.74) is 0. The van der Waals surface area contributed by atoms with Gasteiger partial charge in [0.05, 0.1) is 13.2 Å². The summed E-state index contributed by atoms with van der Waals surface area (Å²) >= 11 is 0. The lowest BCUT2D eigenvalue weighted by atomic mass is 10.5. The molecular weight excluding hydrogens is 140 g/mol. The number of aliphatic hydroxyl groups is 1. The fourth-order valence-electron chi connectivity index (χ4n) is 0.235. The van der Waals surface area contributed by atoms with E-state index in [1.165, 1.54) is 0 Å². The van der Waals surface area contributed by atoms with Crippen LogP contribution < -0.4 is 0 Å². The van der Waals surface area contributed by atoms with Crippen molar-refractivity contribution in [2.45, 2.75) is 20.0 Å². The summed E-state index contributed by atoms with van der Waals surface area (Å²) in [5.74, 6) is 0. The molecule has 0 aliphatic heterocycles. The highest BCUT2D eigenvalue weighted by atomic mass is 16.5. The van der Waals surface area contributed by atoms with Crippen molar-refractivity contribution < 1.29 is 9.84 Å². The predicted octanol–water partition coefficient (Wildman–Crippen LogP) is 1.76. The lowest BCUT2D eigenvalue weighted by molar-refractivity contribution is 0.194. The van der Waals surface area contributed by atoms with Gasteiger partial charge in [-0.05, 0) is 13.8 Å². The van der Waals surface area contributed by atoms with Crippen molar-refractivity contribution in [1.29, 1.82) is 0 Å². The van der Waals surface area contributed by atoms with Crippen LogP contribution in [0.1, 0.15) is 13.8 Å². The molecule has 0 saturated heterocycles. The topological polar surface area (TPSA) is 29.5 Å². The molecule has 66 valence electrons. The molecule has 0 atom stereocenters. The van der Waals surface area contributed by atoms with E-state index in [1.54, 1.807) is 26.0 Å². The van der Waals surface area contributed by atoms with Gasteiger partial charge in [0.2, 0.25) is 0 Å². The summed E-state index contributed by atoms with van der Waals surface area (Å²) in [6.07, 6.45) is 3.26. The third-order valence-corrected chi connectivity index (χ3v) is 0.471. The second-order valence-corrected chi connectivity index (χ2v) is 2.21. The van der Waals surface area contributed by atoms with E-state index < -0.39 is 0 Å². The van der Waals surface area contributed by atoms with E-state index in [4.69, 9.17) is 9.84 Å². The van der Waals surface area contributed by atoms with Crippen molar-refractivity contribution in [1.82, 2.24) is 0 Å². The van der Waals surface area contributed by atoms with E-state index in [0.717, 1.165) is 0 Å². The molecule has 0 rings (SSSR count). The Morgan fingerprint density at radius 2 is 1.55 bits per heavy atom. The zero-order valence-corrected chi connectivity index (χ0v) is 7.42. The van der Waals surface area contributed by atoms with Crippen LogP contribution in [0.2, 0.25) is 0 Å². The SMILES string of the molecule is C=CCOCC=C.CC(C)O. The zero-order valence-electron chi connectivity index (χ0n) is 7.42. The molecular formula is C9H18O2. The molecule has 1 N–H and O–H groups in total. The molecule has 0 saturated carbocycles. The van der Waals surface area contributed by atoms with Gasteiger partial charge in [0.25, 0.3) is 0 Å². The first-order chi connectivity index (χ1) is 5.15. The molecule has 0 bridgehead atoms. The fraction of sp³-hybridized carbons (Fsp3) is 0.556. The molecule has 0 aliphatic rings. The Balaban J connectivity index is 0. The number of ether oxygens (including phenoxy) is 1. The van der Waals surface area contributed by atoms with Crippen molar-refractivity contribution in [3.8, 4) is 0 Å². The minimum absolute atomic E-state index is 0.167. The van der Waals surface area contributed by atoms with Crippen LogP contribution in [0.4, 0.5) is 0 Å². The lowest BCUT2D eigenvalue weighted by Gasteiger charge is -1.89. The normalized spacial score (nSPS) is 8.36. The van der Waals surface area contributed by atoms with E-state index in [2.05, 4.69) is 13.2 Å². The summed E-state index contributed by atoms with van der Waals surface area (Å²) in [5, 5.41) is 8.06. The van der Waals surface area contributed by atoms with Gasteiger partial charge in [0, 0.05) is 6.10 Å². The molecule has 0 spiro atoms. The third-order valence-electron chi connectivity index (χ3n) is 0.471. The second kappa shape index (κ2) is 12.1. The second-order valence-electron chi connectivity index (χ2n) is 2.21. The summed E-state index contributed by atoms with van der Waals surface area (Å²) < 4.78 is 4.90. The standard InChI is InChI=1S/C6H10O.C3H8O/c1-3-5-7-6-4-2;1-3(2)4/h3-4H,1-2,5-6H2;3-4H,1-2H3. The van der Waals surface area contributed by atoms with Crippen LogP contribution >= 0.6 is 0 Å². The largest absolute Gasteiger partial charge is 0.394 e. The highest BCUT2D eigenvalue weighted by Crippen LogP contribution is 1.72. The minimum atomic E-state index is -0.167. The van der Waals surface area contributed by atoms with E-state index in [1.807, 2.05) is 0 Å². The quantitative estimate of drug-likeness (QED) is 0.499. The lowest BCUT2D eigenvalue weighted by Crippen LogP contribution is -1.87. The Labute approximate surface area is 69.2 Å². The van der Waals surface area contributed by atoms with Gasteiger partial charge >= 0.3 is 0 Å². The molecule has 2 nitrogen and oxygen atoms in total. The number of aliphatic hydroxyl groups excluding tert-OH is 1. The molecule has 11 heavy (non-hydrogen) atoms. The minimum Gasteiger partial charge on any atom is -0.394 e. The van der Waals surface area contributed by atoms with E-state index in [0.29, 0.717) is 13.2 Å². The number of hydrogen-bond acceptors (Lipinski definition) is 2. The summed E-state index contributed by atoms with van der Waals surface area (Å²) in [6.45, 7) is 11.6. The van der Waals surface area contributed by atoms with Crippen LogP contribution in [0.15, 0.2) is 25.3 Å². The maximum atomic E-state index is 8.06. The Hall–Kier alpha value is -0.600. The van der Waals surface area contributed by atoms with Gasteiger partial charge in [-0.2, -0.15) is 0 Å². The van der Waals surface area contributed by atoms with Crippen LogP contribution in [0, 0.1) is 0 Å². The van der Waals surface area contributed by atoms with Gasteiger partial charge in [0.1, 0.15) is 0 Å². The molecule has 0 aromatic carbocycles. The van der Waals surface area contributed by atoms with Crippen LogP contribution in [-0.2, 0) is 4.74 Å². The van der Waals surface area contributed by atoms with Crippen LogP contribution in [0.25, 0.3) is 0 Å². The molecule has 0 aliphatic carbocycles. The van der Waals surface area contributed by atoms with Crippen LogP contribution in [0.5, 0.6) is 0 Å². The molecule has 0 fully saturated rings. The molecule has 0 unspecified atom stereocenters. The van der Waals surface area contributed by atoms with Crippen molar-refractivity contribution in [2.75, 3.05) is 13.2 Å². The molecule has 2 heteroatoms. The molecule has 0 aromatic rings. The first-order valence-electron chi connectivity index (χ1n) is 3.62. The van der Waals surface area contributed by atoms with Crippen LogP contribution in [0.3, 0.4) is 0 Å². The number of hydrogen-bond donors (Lipinski definition) is 1. The average molecular weight is 158 g/mol. The van der Waals surface area contributed by atoms with Gasteiger partial charge in [0.15, 0.2) is 0 Å². The zero-order chi connectivity index (χ0) is 9.11. The predicted molar refractivity (Wildman–Crippen MR) is 48.6 cm³/mol. The van der Waals surface area contributed by atoms with Gasteiger partial charge in [-0.1, -0.05) is 12.2 Å². The van der Waals surface area contributed by atoms with E-state index in [-0.39, 0.29) is 6.10 Å². The van der Waals surface area contributed by atoms with Crippen molar-refractivity contribution in [3.05, 3.63) is 25.3 Å².